The molecule has 0 amide bonds. The van der Waals surface area contributed by atoms with Crippen molar-refractivity contribution < 1.29 is 9.50 Å². The fourth-order valence-corrected chi connectivity index (χ4v) is 2.32. The molecule has 0 radical (unpaired) electrons. The molecule has 0 saturated heterocycles. The Labute approximate surface area is 117 Å². The van der Waals surface area contributed by atoms with Crippen molar-refractivity contribution in [1.29, 1.82) is 0 Å². The normalized spacial score (nSPS) is 12.5. The van der Waals surface area contributed by atoms with Crippen molar-refractivity contribution in [1.82, 2.24) is 0 Å². The third kappa shape index (κ3) is 2.61. The van der Waals surface area contributed by atoms with Gasteiger partial charge >= 0.3 is 0 Å². The molecule has 1 atom stereocenters. The fraction of sp³-hybridized carbons (Fsp3) is 0.0769. The number of hydrogen-bond donors (Lipinski definition) is 1. The highest BCUT2D eigenvalue weighted by Gasteiger charge is 2.20. The second kappa shape index (κ2) is 5.33. The van der Waals surface area contributed by atoms with Gasteiger partial charge in [-0.1, -0.05) is 41.9 Å². The predicted octanol–water partition coefficient (Wildman–Crippen LogP) is 4.17. The van der Waals surface area contributed by atoms with Gasteiger partial charge in [0.05, 0.1) is 0 Å². The van der Waals surface area contributed by atoms with Gasteiger partial charge < -0.3 is 5.11 Å². The van der Waals surface area contributed by atoms with Crippen molar-refractivity contribution in [2.75, 3.05) is 0 Å². The molecule has 88 valence electrons. The molecule has 2 aromatic carbocycles. The van der Waals surface area contributed by atoms with Crippen LogP contribution in [0.3, 0.4) is 0 Å². The SMILES string of the molecule is OC(c1ccccc1)c1c(Cl)ccc(I)c1F. The lowest BCUT2D eigenvalue weighted by atomic mass is 10.0. The maximum absolute atomic E-state index is 13.9. The van der Waals surface area contributed by atoms with E-state index in [4.69, 9.17) is 11.6 Å². The molecule has 1 N–H and O–H groups in total. The van der Waals surface area contributed by atoms with Crippen molar-refractivity contribution in [3.63, 3.8) is 0 Å². The number of rotatable bonds is 2. The van der Waals surface area contributed by atoms with Crippen LogP contribution < -0.4 is 0 Å². The Morgan fingerprint density at radius 1 is 1.12 bits per heavy atom. The topological polar surface area (TPSA) is 20.2 Å². The fourth-order valence-electron chi connectivity index (χ4n) is 1.60. The molecular formula is C13H9ClFIO. The van der Waals surface area contributed by atoms with Gasteiger partial charge in [-0.25, -0.2) is 4.39 Å². The molecule has 1 nitrogen and oxygen atoms in total. The summed E-state index contributed by atoms with van der Waals surface area (Å²) >= 11 is 7.82. The molecule has 17 heavy (non-hydrogen) atoms. The van der Waals surface area contributed by atoms with E-state index >= 15 is 0 Å². The first-order chi connectivity index (χ1) is 8.11. The highest BCUT2D eigenvalue weighted by atomic mass is 127. The van der Waals surface area contributed by atoms with Crippen molar-refractivity contribution >= 4 is 34.2 Å². The van der Waals surface area contributed by atoms with Crippen LogP contribution >= 0.6 is 34.2 Å². The molecule has 0 bridgehead atoms. The number of halogens is 3. The molecule has 0 aliphatic rings. The van der Waals surface area contributed by atoms with Gasteiger partial charge in [0, 0.05) is 14.2 Å². The van der Waals surface area contributed by atoms with Crippen LogP contribution in [-0.2, 0) is 0 Å². The maximum atomic E-state index is 13.9. The first-order valence-electron chi connectivity index (χ1n) is 4.97. The lowest BCUT2D eigenvalue weighted by Crippen LogP contribution is -2.04. The van der Waals surface area contributed by atoms with Crippen LogP contribution in [0.4, 0.5) is 4.39 Å². The van der Waals surface area contributed by atoms with E-state index in [-0.39, 0.29) is 10.6 Å². The molecule has 2 aromatic rings. The molecule has 2 rings (SSSR count). The summed E-state index contributed by atoms with van der Waals surface area (Å²) < 4.78 is 14.4. The first-order valence-corrected chi connectivity index (χ1v) is 6.43. The third-order valence-corrected chi connectivity index (χ3v) is 3.63. The minimum absolute atomic E-state index is 0.129. The van der Waals surface area contributed by atoms with Gasteiger partial charge in [0.2, 0.25) is 0 Å². The number of aliphatic hydroxyl groups is 1. The average Bonchev–Trinajstić information content (AvgIpc) is 2.35. The van der Waals surface area contributed by atoms with Crippen molar-refractivity contribution in [3.8, 4) is 0 Å². The molecule has 0 aromatic heterocycles. The quantitative estimate of drug-likeness (QED) is 0.628. The van der Waals surface area contributed by atoms with Crippen molar-refractivity contribution in [2.24, 2.45) is 0 Å². The van der Waals surface area contributed by atoms with Gasteiger partial charge in [-0.2, -0.15) is 0 Å². The van der Waals surface area contributed by atoms with E-state index in [1.54, 1.807) is 36.4 Å². The summed E-state index contributed by atoms with van der Waals surface area (Å²) in [4.78, 5) is 0. The summed E-state index contributed by atoms with van der Waals surface area (Å²) in [6.45, 7) is 0. The molecule has 0 spiro atoms. The molecule has 0 saturated carbocycles. The zero-order valence-electron chi connectivity index (χ0n) is 8.70. The van der Waals surface area contributed by atoms with E-state index in [0.29, 0.717) is 9.13 Å². The Morgan fingerprint density at radius 3 is 2.41 bits per heavy atom. The maximum Gasteiger partial charge on any atom is 0.144 e. The molecule has 0 heterocycles. The third-order valence-electron chi connectivity index (χ3n) is 2.47. The van der Waals surface area contributed by atoms with Crippen LogP contribution in [0.1, 0.15) is 17.2 Å². The molecule has 1 unspecified atom stereocenters. The highest BCUT2D eigenvalue weighted by Crippen LogP contribution is 2.32. The Hall–Kier alpha value is -0.650. The number of aliphatic hydroxyl groups excluding tert-OH is 1. The Balaban J connectivity index is 2.51. The molecular weight excluding hydrogens is 353 g/mol. The van der Waals surface area contributed by atoms with Crippen LogP contribution in [0.2, 0.25) is 5.02 Å². The van der Waals surface area contributed by atoms with E-state index in [1.807, 2.05) is 28.7 Å². The van der Waals surface area contributed by atoms with Gasteiger partial charge in [0.1, 0.15) is 11.9 Å². The van der Waals surface area contributed by atoms with E-state index in [9.17, 15) is 9.50 Å². The Morgan fingerprint density at radius 2 is 1.76 bits per heavy atom. The van der Waals surface area contributed by atoms with Gasteiger partial charge in [-0.3, -0.25) is 0 Å². The summed E-state index contributed by atoms with van der Waals surface area (Å²) in [5.74, 6) is -0.463. The number of hydrogen-bond acceptors (Lipinski definition) is 1. The zero-order valence-corrected chi connectivity index (χ0v) is 11.6. The smallest absolute Gasteiger partial charge is 0.144 e. The van der Waals surface area contributed by atoms with Gasteiger partial charge in [0.25, 0.3) is 0 Å². The Kier molecular flexibility index (Phi) is 4.01. The van der Waals surface area contributed by atoms with E-state index in [2.05, 4.69) is 0 Å². The Bertz CT molecular complexity index is 530. The second-order valence-corrected chi connectivity index (χ2v) is 5.14. The zero-order chi connectivity index (χ0) is 12.4. The summed E-state index contributed by atoms with van der Waals surface area (Å²) in [7, 11) is 0. The largest absolute Gasteiger partial charge is 0.383 e. The average molecular weight is 363 g/mol. The van der Waals surface area contributed by atoms with Crippen molar-refractivity contribution in [3.05, 3.63) is 68.0 Å². The second-order valence-electron chi connectivity index (χ2n) is 3.57. The van der Waals surface area contributed by atoms with Crippen LogP contribution in [0, 0.1) is 9.39 Å². The van der Waals surface area contributed by atoms with Crippen LogP contribution in [0.5, 0.6) is 0 Å². The standard InChI is InChI=1S/C13H9ClFIO/c14-9-6-7-10(16)12(15)11(9)13(17)8-4-2-1-3-5-8/h1-7,13,17H. The number of benzene rings is 2. The van der Waals surface area contributed by atoms with E-state index < -0.39 is 11.9 Å². The molecule has 0 aliphatic heterocycles. The van der Waals surface area contributed by atoms with Gasteiger partial charge in [0.15, 0.2) is 0 Å². The minimum Gasteiger partial charge on any atom is -0.383 e. The summed E-state index contributed by atoms with van der Waals surface area (Å²) in [6, 6.07) is 12.1. The predicted molar refractivity (Wildman–Crippen MR) is 74.6 cm³/mol. The van der Waals surface area contributed by atoms with Crippen LogP contribution in [0.25, 0.3) is 0 Å². The van der Waals surface area contributed by atoms with E-state index in [0.717, 1.165) is 0 Å². The lowest BCUT2D eigenvalue weighted by Gasteiger charge is -2.14. The summed E-state index contributed by atoms with van der Waals surface area (Å²) in [5, 5.41) is 10.4. The highest BCUT2D eigenvalue weighted by molar-refractivity contribution is 14.1. The molecule has 0 fully saturated rings. The van der Waals surface area contributed by atoms with Gasteiger partial charge in [-0.05, 0) is 40.3 Å². The minimum atomic E-state index is -1.04. The summed E-state index contributed by atoms with van der Waals surface area (Å²) in [5.41, 5.74) is 0.750. The molecule has 0 aliphatic carbocycles. The first kappa shape index (κ1) is 12.8. The van der Waals surface area contributed by atoms with E-state index in [1.165, 1.54) is 0 Å². The lowest BCUT2D eigenvalue weighted by molar-refractivity contribution is 0.215. The summed E-state index contributed by atoms with van der Waals surface area (Å²) in [6.07, 6.45) is -1.04. The van der Waals surface area contributed by atoms with Crippen LogP contribution in [-0.4, -0.2) is 5.11 Å². The monoisotopic (exact) mass is 362 g/mol. The van der Waals surface area contributed by atoms with Crippen LogP contribution in [0.15, 0.2) is 42.5 Å². The molecule has 4 heteroatoms. The van der Waals surface area contributed by atoms with Crippen molar-refractivity contribution in [2.45, 2.75) is 6.10 Å². The van der Waals surface area contributed by atoms with Gasteiger partial charge in [-0.15, -0.1) is 0 Å².